The number of rotatable bonds is 4. The molecule has 2 aliphatic carbocycles. The van der Waals surface area contributed by atoms with Gasteiger partial charge in [0.05, 0.1) is 0 Å². The van der Waals surface area contributed by atoms with Crippen LogP contribution in [0.25, 0.3) is 0 Å². The van der Waals surface area contributed by atoms with Crippen molar-refractivity contribution in [2.75, 3.05) is 0 Å². The number of nitrogens with one attached hydrogen (secondary N) is 1. The molecule has 1 amide bonds. The zero-order chi connectivity index (χ0) is 13.7. The van der Waals surface area contributed by atoms with Crippen LogP contribution in [-0.4, -0.2) is 17.5 Å². The first-order chi connectivity index (χ1) is 9.13. The van der Waals surface area contributed by atoms with Crippen molar-refractivity contribution in [3.63, 3.8) is 0 Å². The highest BCUT2D eigenvalue weighted by Gasteiger charge is 2.32. The number of carbonyl (C=O) groups is 1. The summed E-state index contributed by atoms with van der Waals surface area (Å²) in [6.45, 7) is 2.24. The molecule has 0 radical (unpaired) electrons. The lowest BCUT2D eigenvalue weighted by Gasteiger charge is -2.35. The normalized spacial score (nSPS) is 30.8. The second-order valence-electron chi connectivity index (χ2n) is 6.73. The first kappa shape index (κ1) is 14.8. The molecule has 2 aliphatic rings. The van der Waals surface area contributed by atoms with E-state index >= 15 is 0 Å². The minimum absolute atomic E-state index is 0.190. The van der Waals surface area contributed by atoms with Crippen LogP contribution in [0.15, 0.2) is 0 Å². The van der Waals surface area contributed by atoms with E-state index in [4.69, 9.17) is 5.73 Å². The summed E-state index contributed by atoms with van der Waals surface area (Å²) in [5, 5.41) is 3.27. The molecule has 0 aromatic carbocycles. The summed E-state index contributed by atoms with van der Waals surface area (Å²) in [7, 11) is 0. The summed E-state index contributed by atoms with van der Waals surface area (Å²) in [6.07, 6.45) is 12.4. The van der Waals surface area contributed by atoms with Crippen molar-refractivity contribution >= 4 is 5.91 Å². The fourth-order valence-electron chi connectivity index (χ4n) is 3.90. The van der Waals surface area contributed by atoms with Gasteiger partial charge in [0.2, 0.25) is 5.91 Å². The van der Waals surface area contributed by atoms with Crippen LogP contribution in [0.2, 0.25) is 0 Å². The molecule has 3 heteroatoms. The third-order valence-electron chi connectivity index (χ3n) is 5.14. The van der Waals surface area contributed by atoms with Crippen LogP contribution in [0.4, 0.5) is 0 Å². The highest BCUT2D eigenvalue weighted by atomic mass is 16.1. The second kappa shape index (κ2) is 6.74. The smallest absolute Gasteiger partial charge is 0.222 e. The van der Waals surface area contributed by atoms with E-state index in [9.17, 15) is 4.79 Å². The maximum atomic E-state index is 12.3. The van der Waals surface area contributed by atoms with Crippen LogP contribution in [0.5, 0.6) is 0 Å². The molecule has 2 fully saturated rings. The summed E-state index contributed by atoms with van der Waals surface area (Å²) >= 11 is 0. The Balaban J connectivity index is 1.82. The Labute approximate surface area is 117 Å². The average molecular weight is 266 g/mol. The van der Waals surface area contributed by atoms with E-state index in [1.165, 1.54) is 44.9 Å². The first-order valence-corrected chi connectivity index (χ1v) is 8.21. The molecule has 3 nitrogen and oxygen atoms in total. The molecule has 0 aliphatic heterocycles. The Kier molecular flexibility index (Phi) is 5.26. The molecule has 0 bridgehead atoms. The van der Waals surface area contributed by atoms with E-state index in [1.807, 2.05) is 0 Å². The van der Waals surface area contributed by atoms with E-state index in [-0.39, 0.29) is 11.4 Å². The molecule has 19 heavy (non-hydrogen) atoms. The molecule has 0 spiro atoms. The van der Waals surface area contributed by atoms with Gasteiger partial charge in [0.15, 0.2) is 0 Å². The van der Waals surface area contributed by atoms with Gasteiger partial charge in [0.25, 0.3) is 0 Å². The monoisotopic (exact) mass is 266 g/mol. The maximum absolute atomic E-state index is 12.3. The fraction of sp³-hybridized carbons (Fsp3) is 0.938. The van der Waals surface area contributed by atoms with Crippen LogP contribution in [0.3, 0.4) is 0 Å². The summed E-state index contributed by atoms with van der Waals surface area (Å²) in [6, 6.07) is 0.401. The Morgan fingerprint density at radius 1 is 1.16 bits per heavy atom. The molecular weight excluding hydrogens is 236 g/mol. The molecule has 0 saturated heterocycles. The third kappa shape index (κ3) is 4.20. The van der Waals surface area contributed by atoms with Gasteiger partial charge in [0.1, 0.15) is 0 Å². The maximum Gasteiger partial charge on any atom is 0.222 e. The zero-order valence-electron chi connectivity index (χ0n) is 12.4. The number of hydrogen-bond donors (Lipinski definition) is 2. The highest BCUT2D eigenvalue weighted by Crippen LogP contribution is 2.30. The molecule has 2 rings (SSSR count). The van der Waals surface area contributed by atoms with Gasteiger partial charge in [0, 0.05) is 18.0 Å². The Hall–Kier alpha value is -0.570. The zero-order valence-corrected chi connectivity index (χ0v) is 12.4. The van der Waals surface area contributed by atoms with E-state index in [2.05, 4.69) is 12.2 Å². The molecule has 3 N–H and O–H groups in total. The van der Waals surface area contributed by atoms with Gasteiger partial charge in [-0.1, -0.05) is 45.4 Å². The van der Waals surface area contributed by atoms with Crippen molar-refractivity contribution in [3.05, 3.63) is 0 Å². The fourth-order valence-corrected chi connectivity index (χ4v) is 3.90. The van der Waals surface area contributed by atoms with Crippen LogP contribution in [0.1, 0.15) is 77.6 Å². The van der Waals surface area contributed by atoms with Crippen molar-refractivity contribution in [3.8, 4) is 0 Å². The van der Waals surface area contributed by atoms with Gasteiger partial charge in [-0.3, -0.25) is 4.79 Å². The van der Waals surface area contributed by atoms with E-state index < -0.39 is 0 Å². The first-order valence-electron chi connectivity index (χ1n) is 8.21. The second-order valence-corrected chi connectivity index (χ2v) is 6.73. The number of carbonyl (C=O) groups excluding carboxylic acids is 1. The third-order valence-corrected chi connectivity index (χ3v) is 5.14. The van der Waals surface area contributed by atoms with Crippen LogP contribution in [0, 0.1) is 5.92 Å². The van der Waals surface area contributed by atoms with Gasteiger partial charge < -0.3 is 11.1 Å². The summed E-state index contributed by atoms with van der Waals surface area (Å²) < 4.78 is 0. The Bertz CT molecular complexity index is 297. The van der Waals surface area contributed by atoms with E-state index in [0.29, 0.717) is 18.4 Å². The van der Waals surface area contributed by atoms with E-state index in [1.54, 1.807) is 0 Å². The average Bonchev–Trinajstić information content (AvgIpc) is 2.39. The van der Waals surface area contributed by atoms with Gasteiger partial charge in [-0.05, 0) is 31.6 Å². The molecule has 2 unspecified atom stereocenters. The van der Waals surface area contributed by atoms with Crippen LogP contribution >= 0.6 is 0 Å². The number of amides is 1. The molecule has 0 aromatic rings. The standard InChI is InChI=1S/C16H30N2O/c1-2-13-8-4-5-9-14(13)18-15(19)12-16(17)10-6-3-7-11-16/h13-14H,2-12,17H2,1H3,(H,18,19). The largest absolute Gasteiger partial charge is 0.353 e. The van der Waals surface area contributed by atoms with Gasteiger partial charge in [-0.15, -0.1) is 0 Å². The minimum Gasteiger partial charge on any atom is -0.353 e. The van der Waals surface area contributed by atoms with Crippen molar-refractivity contribution in [2.45, 2.75) is 89.1 Å². The van der Waals surface area contributed by atoms with Crippen molar-refractivity contribution < 1.29 is 4.79 Å². The van der Waals surface area contributed by atoms with Gasteiger partial charge in [-0.25, -0.2) is 0 Å². The number of hydrogen-bond acceptors (Lipinski definition) is 2. The van der Waals surface area contributed by atoms with Crippen molar-refractivity contribution in [1.82, 2.24) is 5.32 Å². The number of nitrogens with two attached hydrogens (primary N) is 1. The van der Waals surface area contributed by atoms with E-state index in [0.717, 1.165) is 19.3 Å². The SMILES string of the molecule is CCC1CCCCC1NC(=O)CC1(N)CCCCC1. The lowest BCUT2D eigenvalue weighted by atomic mass is 9.79. The Morgan fingerprint density at radius 2 is 1.84 bits per heavy atom. The summed E-state index contributed by atoms with van der Waals surface area (Å²) in [4.78, 5) is 12.3. The summed E-state index contributed by atoms with van der Waals surface area (Å²) in [5.74, 6) is 0.868. The molecule has 2 saturated carbocycles. The minimum atomic E-state index is -0.224. The van der Waals surface area contributed by atoms with Crippen LogP contribution in [-0.2, 0) is 4.79 Å². The quantitative estimate of drug-likeness (QED) is 0.821. The van der Waals surface area contributed by atoms with Crippen molar-refractivity contribution in [1.29, 1.82) is 0 Å². The summed E-state index contributed by atoms with van der Waals surface area (Å²) in [5.41, 5.74) is 6.15. The van der Waals surface area contributed by atoms with Gasteiger partial charge >= 0.3 is 0 Å². The molecule has 0 aromatic heterocycles. The highest BCUT2D eigenvalue weighted by molar-refractivity contribution is 5.77. The molecule has 110 valence electrons. The molecular formula is C16H30N2O. The lowest BCUT2D eigenvalue weighted by Crippen LogP contribution is -2.49. The molecule has 2 atom stereocenters. The Morgan fingerprint density at radius 3 is 2.53 bits per heavy atom. The topological polar surface area (TPSA) is 55.1 Å². The van der Waals surface area contributed by atoms with Gasteiger partial charge in [-0.2, -0.15) is 0 Å². The van der Waals surface area contributed by atoms with Crippen molar-refractivity contribution in [2.24, 2.45) is 11.7 Å². The molecule has 0 heterocycles. The predicted octanol–water partition coefficient (Wildman–Crippen LogP) is 3.12. The lowest BCUT2D eigenvalue weighted by molar-refractivity contribution is -0.123. The van der Waals surface area contributed by atoms with Crippen LogP contribution < -0.4 is 11.1 Å². The predicted molar refractivity (Wildman–Crippen MR) is 78.8 cm³/mol.